The summed E-state index contributed by atoms with van der Waals surface area (Å²) in [5.41, 5.74) is 11.4. The number of nitrogens with zero attached hydrogens (tertiary/aromatic N) is 1. The largest absolute Gasteiger partial charge is 0.465 e. The van der Waals surface area contributed by atoms with Crippen molar-refractivity contribution in [1.29, 1.82) is 0 Å². The molecular weight excluding hydrogens is 292 g/mol. The van der Waals surface area contributed by atoms with Gasteiger partial charge in [-0.2, -0.15) is 0 Å². The van der Waals surface area contributed by atoms with E-state index in [1.165, 1.54) is 25.3 Å². The molecule has 1 rings (SSSR count). The quantitative estimate of drug-likeness (QED) is 0.226. The topological polar surface area (TPSA) is 149 Å². The molecule has 6 N–H and O–H groups in total. The zero-order chi connectivity index (χ0) is 16.5. The van der Waals surface area contributed by atoms with Gasteiger partial charge in [-0.3, -0.25) is 4.79 Å². The van der Waals surface area contributed by atoms with Gasteiger partial charge in [0.2, 0.25) is 5.91 Å². The molecule has 1 amide bonds. The summed E-state index contributed by atoms with van der Waals surface area (Å²) in [7, 11) is 1.25. The summed E-state index contributed by atoms with van der Waals surface area (Å²) in [5, 5.41) is 11.1. The monoisotopic (exact) mass is 310 g/mol. The number of anilines is 1. The summed E-state index contributed by atoms with van der Waals surface area (Å²) < 4.78 is 9.50. The second kappa shape index (κ2) is 8.60. The molecule has 0 saturated carbocycles. The van der Waals surface area contributed by atoms with Crippen LogP contribution in [-0.4, -0.2) is 49.9 Å². The van der Waals surface area contributed by atoms with E-state index in [2.05, 4.69) is 15.0 Å². The van der Waals surface area contributed by atoms with Gasteiger partial charge in [-0.15, -0.1) is 0 Å². The van der Waals surface area contributed by atoms with Gasteiger partial charge in [0.1, 0.15) is 6.61 Å². The van der Waals surface area contributed by atoms with Crippen LogP contribution in [0.1, 0.15) is 10.4 Å². The van der Waals surface area contributed by atoms with Crippen LogP contribution in [-0.2, 0) is 14.3 Å². The smallest absolute Gasteiger partial charge is 0.337 e. The molecule has 0 bridgehead atoms. The Kier molecular flexibility index (Phi) is 6.80. The van der Waals surface area contributed by atoms with E-state index in [1.54, 1.807) is 0 Å². The van der Waals surface area contributed by atoms with Crippen molar-refractivity contribution in [2.45, 2.75) is 0 Å². The molecular formula is C13H18N4O5. The summed E-state index contributed by atoms with van der Waals surface area (Å²) >= 11 is 0. The van der Waals surface area contributed by atoms with Crippen LogP contribution in [0.2, 0.25) is 0 Å². The lowest BCUT2D eigenvalue weighted by Gasteiger charge is -2.10. The lowest BCUT2D eigenvalue weighted by Crippen LogP contribution is -2.23. The highest BCUT2D eigenvalue weighted by molar-refractivity contribution is 5.98. The standard InChI is InChI=1S/C13H18N4O5/c1-21-12(20)8-2-3-9(10(6-8)17-13(14)15)16-11(19)7-22-5-4-18/h2-3,6,18H,4-5,7H2,1H3,(H,16,19)(H4,14,15,17). The van der Waals surface area contributed by atoms with Crippen molar-refractivity contribution in [2.75, 3.05) is 32.2 Å². The average Bonchev–Trinajstić information content (AvgIpc) is 2.48. The Morgan fingerprint density at radius 3 is 2.68 bits per heavy atom. The van der Waals surface area contributed by atoms with Gasteiger partial charge in [-0.05, 0) is 18.2 Å². The number of guanidine groups is 1. The van der Waals surface area contributed by atoms with Crippen molar-refractivity contribution >= 4 is 29.2 Å². The highest BCUT2D eigenvalue weighted by atomic mass is 16.5. The third-order valence-electron chi connectivity index (χ3n) is 2.41. The van der Waals surface area contributed by atoms with Crippen LogP contribution in [0.15, 0.2) is 23.2 Å². The number of hydrogen-bond donors (Lipinski definition) is 4. The zero-order valence-electron chi connectivity index (χ0n) is 12.0. The minimum atomic E-state index is -0.559. The van der Waals surface area contributed by atoms with E-state index in [0.29, 0.717) is 5.69 Å². The number of nitrogens with two attached hydrogens (primary N) is 2. The molecule has 0 unspecified atom stereocenters. The first-order valence-electron chi connectivity index (χ1n) is 6.28. The molecule has 9 heteroatoms. The molecule has 9 nitrogen and oxygen atoms in total. The SMILES string of the molecule is COC(=O)c1ccc(NC(=O)COCCO)c(N=C(N)N)c1. The summed E-state index contributed by atoms with van der Waals surface area (Å²) in [4.78, 5) is 27.0. The summed E-state index contributed by atoms with van der Waals surface area (Å²) in [6.07, 6.45) is 0. The molecule has 120 valence electrons. The third-order valence-corrected chi connectivity index (χ3v) is 2.41. The number of aliphatic imine (C=N–C) groups is 1. The molecule has 1 aromatic rings. The molecule has 0 heterocycles. The van der Waals surface area contributed by atoms with Crippen molar-refractivity contribution in [1.82, 2.24) is 0 Å². The van der Waals surface area contributed by atoms with Gasteiger partial charge in [0, 0.05) is 0 Å². The van der Waals surface area contributed by atoms with Crippen molar-refractivity contribution in [3.63, 3.8) is 0 Å². The van der Waals surface area contributed by atoms with Gasteiger partial charge in [-0.25, -0.2) is 9.79 Å². The van der Waals surface area contributed by atoms with Crippen LogP contribution in [0.3, 0.4) is 0 Å². The second-order valence-corrected chi connectivity index (χ2v) is 4.08. The molecule has 0 fully saturated rings. The number of aliphatic hydroxyl groups is 1. The Labute approximate surface area is 126 Å². The molecule has 0 aliphatic heterocycles. The Bertz CT molecular complexity index is 570. The van der Waals surface area contributed by atoms with Crippen molar-refractivity contribution < 1.29 is 24.2 Å². The number of rotatable bonds is 7. The van der Waals surface area contributed by atoms with E-state index in [9.17, 15) is 9.59 Å². The average molecular weight is 310 g/mol. The van der Waals surface area contributed by atoms with Gasteiger partial charge in [-0.1, -0.05) is 0 Å². The third kappa shape index (κ3) is 5.38. The van der Waals surface area contributed by atoms with E-state index in [0.717, 1.165) is 0 Å². The number of esters is 1. The minimum Gasteiger partial charge on any atom is -0.465 e. The fourth-order valence-corrected chi connectivity index (χ4v) is 1.53. The number of carbonyl (C=O) groups excluding carboxylic acids is 2. The maximum Gasteiger partial charge on any atom is 0.337 e. The Morgan fingerprint density at radius 2 is 2.09 bits per heavy atom. The zero-order valence-corrected chi connectivity index (χ0v) is 12.0. The number of carbonyl (C=O) groups is 2. The number of amides is 1. The molecule has 22 heavy (non-hydrogen) atoms. The van der Waals surface area contributed by atoms with E-state index in [-0.39, 0.29) is 37.0 Å². The van der Waals surface area contributed by atoms with Crippen LogP contribution in [0.25, 0.3) is 0 Å². The first-order chi connectivity index (χ1) is 10.5. The first-order valence-corrected chi connectivity index (χ1v) is 6.28. The Balaban J connectivity index is 2.95. The lowest BCUT2D eigenvalue weighted by atomic mass is 10.1. The molecule has 0 aliphatic rings. The number of benzene rings is 1. The van der Waals surface area contributed by atoms with Crippen LogP contribution < -0.4 is 16.8 Å². The van der Waals surface area contributed by atoms with Crippen LogP contribution in [0, 0.1) is 0 Å². The lowest BCUT2D eigenvalue weighted by molar-refractivity contribution is -0.120. The predicted molar refractivity (Wildman–Crippen MR) is 79.8 cm³/mol. The van der Waals surface area contributed by atoms with E-state index in [1.807, 2.05) is 0 Å². The van der Waals surface area contributed by atoms with Crippen LogP contribution in [0.4, 0.5) is 11.4 Å². The first kappa shape index (κ1) is 17.4. The van der Waals surface area contributed by atoms with E-state index in [4.69, 9.17) is 21.3 Å². The highest BCUT2D eigenvalue weighted by Gasteiger charge is 2.12. The second-order valence-electron chi connectivity index (χ2n) is 4.08. The van der Waals surface area contributed by atoms with Crippen molar-refractivity contribution in [3.8, 4) is 0 Å². The van der Waals surface area contributed by atoms with Crippen molar-refractivity contribution in [2.24, 2.45) is 16.5 Å². The van der Waals surface area contributed by atoms with Crippen molar-refractivity contribution in [3.05, 3.63) is 23.8 Å². The maximum atomic E-state index is 11.7. The number of ether oxygens (including phenoxy) is 2. The molecule has 0 aromatic heterocycles. The molecule has 1 aromatic carbocycles. The minimum absolute atomic E-state index is 0.0510. The number of nitrogens with one attached hydrogen (secondary N) is 1. The van der Waals surface area contributed by atoms with Gasteiger partial charge in [0.15, 0.2) is 5.96 Å². The number of methoxy groups -OCH3 is 1. The Morgan fingerprint density at radius 1 is 1.36 bits per heavy atom. The van der Waals surface area contributed by atoms with Gasteiger partial charge in [0.05, 0.1) is 37.3 Å². The fraction of sp³-hybridized carbons (Fsp3) is 0.308. The molecule has 0 aliphatic carbocycles. The number of aliphatic hydroxyl groups excluding tert-OH is 1. The van der Waals surface area contributed by atoms with E-state index < -0.39 is 11.9 Å². The molecule has 0 saturated heterocycles. The van der Waals surface area contributed by atoms with Crippen LogP contribution in [0.5, 0.6) is 0 Å². The fourth-order valence-electron chi connectivity index (χ4n) is 1.53. The predicted octanol–water partition coefficient (Wildman–Crippen LogP) is -0.674. The van der Waals surface area contributed by atoms with Gasteiger partial charge >= 0.3 is 5.97 Å². The van der Waals surface area contributed by atoms with Gasteiger partial charge in [0.25, 0.3) is 0 Å². The summed E-state index contributed by atoms with van der Waals surface area (Å²) in [5.74, 6) is -1.24. The summed E-state index contributed by atoms with van der Waals surface area (Å²) in [6, 6.07) is 4.31. The normalized spacial score (nSPS) is 9.91. The molecule has 0 radical (unpaired) electrons. The Hall–Kier alpha value is -2.65. The maximum absolute atomic E-state index is 11.7. The van der Waals surface area contributed by atoms with Gasteiger partial charge < -0.3 is 31.4 Å². The molecule has 0 spiro atoms. The molecule has 0 atom stereocenters. The van der Waals surface area contributed by atoms with Crippen LogP contribution >= 0.6 is 0 Å². The highest BCUT2D eigenvalue weighted by Crippen LogP contribution is 2.26. The van der Waals surface area contributed by atoms with E-state index >= 15 is 0 Å². The number of hydrogen-bond acceptors (Lipinski definition) is 6. The summed E-state index contributed by atoms with van der Waals surface area (Å²) in [6.45, 7) is -0.365.